The zero-order valence-electron chi connectivity index (χ0n) is 9.41. The Morgan fingerprint density at radius 3 is 2.88 bits per heavy atom. The van der Waals surface area contributed by atoms with E-state index in [1.54, 1.807) is 6.20 Å². The summed E-state index contributed by atoms with van der Waals surface area (Å²) in [6.45, 7) is 6.04. The number of rotatable bonds is 3. The molecule has 86 valence electrons. The van der Waals surface area contributed by atoms with Crippen LogP contribution in [0.2, 0.25) is 5.28 Å². The van der Waals surface area contributed by atoms with E-state index in [0.717, 1.165) is 11.8 Å². The number of aromatic amines is 1. The van der Waals surface area contributed by atoms with Crippen LogP contribution in [-0.4, -0.2) is 25.8 Å². The Labute approximate surface area is 98.2 Å². The molecule has 6 heteroatoms. The van der Waals surface area contributed by atoms with E-state index in [1.807, 2.05) is 13.8 Å². The molecule has 1 N–H and O–H groups in total. The van der Waals surface area contributed by atoms with Crippen molar-refractivity contribution in [3.63, 3.8) is 0 Å². The van der Waals surface area contributed by atoms with Gasteiger partial charge in [0.05, 0.1) is 6.20 Å². The van der Waals surface area contributed by atoms with Crippen LogP contribution in [0.25, 0.3) is 11.0 Å². The van der Waals surface area contributed by atoms with Gasteiger partial charge in [-0.1, -0.05) is 6.92 Å². The predicted octanol–water partition coefficient (Wildman–Crippen LogP) is 2.57. The third kappa shape index (κ3) is 2.09. The number of hydrogen-bond acceptors (Lipinski definition) is 4. The lowest BCUT2D eigenvalue weighted by atomic mass is 10.1. The highest BCUT2D eigenvalue weighted by atomic mass is 35.5. The van der Waals surface area contributed by atoms with Gasteiger partial charge in [-0.15, -0.1) is 0 Å². The molecule has 5 nitrogen and oxygen atoms in total. The number of halogens is 1. The number of nitrogens with zero attached hydrogens (tertiary/aromatic N) is 3. The lowest BCUT2D eigenvalue weighted by Gasteiger charge is -2.24. The molecular formula is C10H13ClN4O. The fourth-order valence-corrected chi connectivity index (χ4v) is 1.36. The minimum Gasteiger partial charge on any atom is -0.471 e. The molecule has 2 aromatic heterocycles. The van der Waals surface area contributed by atoms with Gasteiger partial charge in [-0.25, -0.2) is 0 Å². The smallest absolute Gasteiger partial charge is 0.229 e. The number of H-pyrrole nitrogens is 1. The molecule has 0 aliphatic carbocycles. The first kappa shape index (κ1) is 11.1. The highest BCUT2D eigenvalue weighted by Crippen LogP contribution is 2.26. The predicted molar refractivity (Wildman–Crippen MR) is 61.7 cm³/mol. The molecule has 0 unspecified atom stereocenters. The van der Waals surface area contributed by atoms with E-state index >= 15 is 0 Å². The highest BCUT2D eigenvalue weighted by molar-refractivity contribution is 6.28. The van der Waals surface area contributed by atoms with E-state index in [9.17, 15) is 0 Å². The van der Waals surface area contributed by atoms with Crippen molar-refractivity contribution in [3.8, 4) is 5.88 Å². The van der Waals surface area contributed by atoms with Crippen molar-refractivity contribution >= 4 is 22.6 Å². The van der Waals surface area contributed by atoms with Crippen molar-refractivity contribution < 1.29 is 4.74 Å². The molecule has 0 aliphatic rings. The fraction of sp³-hybridized carbons (Fsp3) is 0.500. The second-order valence-corrected chi connectivity index (χ2v) is 4.48. The van der Waals surface area contributed by atoms with Crippen molar-refractivity contribution in [2.75, 3.05) is 0 Å². The normalized spacial score (nSPS) is 12.0. The van der Waals surface area contributed by atoms with Crippen LogP contribution < -0.4 is 4.74 Å². The first-order valence-electron chi connectivity index (χ1n) is 5.07. The Bertz CT molecular complexity index is 508. The van der Waals surface area contributed by atoms with Gasteiger partial charge < -0.3 is 4.74 Å². The van der Waals surface area contributed by atoms with Gasteiger partial charge in [-0.2, -0.15) is 15.1 Å². The third-order valence-electron chi connectivity index (χ3n) is 2.47. The lowest BCUT2D eigenvalue weighted by molar-refractivity contribution is 0.101. The topological polar surface area (TPSA) is 63.7 Å². The largest absolute Gasteiger partial charge is 0.471 e. The highest BCUT2D eigenvalue weighted by Gasteiger charge is 2.20. The van der Waals surface area contributed by atoms with Gasteiger partial charge >= 0.3 is 0 Å². The number of aromatic nitrogens is 4. The van der Waals surface area contributed by atoms with Crippen molar-refractivity contribution in [2.24, 2.45) is 0 Å². The van der Waals surface area contributed by atoms with E-state index in [1.165, 1.54) is 0 Å². The van der Waals surface area contributed by atoms with Gasteiger partial charge in [0.1, 0.15) is 11.0 Å². The Morgan fingerprint density at radius 1 is 1.44 bits per heavy atom. The molecule has 0 saturated carbocycles. The first-order valence-corrected chi connectivity index (χ1v) is 5.45. The first-order chi connectivity index (χ1) is 7.52. The van der Waals surface area contributed by atoms with Crippen LogP contribution in [-0.2, 0) is 0 Å². The van der Waals surface area contributed by atoms with Gasteiger partial charge in [0.15, 0.2) is 5.65 Å². The Morgan fingerprint density at radius 2 is 2.19 bits per heavy atom. The summed E-state index contributed by atoms with van der Waals surface area (Å²) in [6, 6.07) is 0. The summed E-state index contributed by atoms with van der Waals surface area (Å²) in [5.74, 6) is 0.468. The number of hydrogen-bond donors (Lipinski definition) is 1. The Hall–Kier alpha value is -1.36. The Balaban J connectivity index is 2.47. The van der Waals surface area contributed by atoms with Crippen molar-refractivity contribution in [2.45, 2.75) is 32.8 Å². The molecule has 0 bridgehead atoms. The van der Waals surface area contributed by atoms with E-state index in [-0.39, 0.29) is 10.9 Å². The monoisotopic (exact) mass is 240 g/mol. The van der Waals surface area contributed by atoms with Gasteiger partial charge in [-0.05, 0) is 31.9 Å². The van der Waals surface area contributed by atoms with Crippen LogP contribution in [0.3, 0.4) is 0 Å². The van der Waals surface area contributed by atoms with E-state index in [4.69, 9.17) is 16.3 Å². The van der Waals surface area contributed by atoms with E-state index < -0.39 is 0 Å². The zero-order valence-corrected chi connectivity index (χ0v) is 10.2. The summed E-state index contributed by atoms with van der Waals surface area (Å²) in [6.07, 6.45) is 2.50. The number of fused-ring (bicyclic) bond motifs is 1. The maximum Gasteiger partial charge on any atom is 0.229 e. The van der Waals surface area contributed by atoms with Gasteiger partial charge in [-0.3, -0.25) is 5.10 Å². The molecule has 0 fully saturated rings. The van der Waals surface area contributed by atoms with Crippen LogP contribution in [0.15, 0.2) is 6.20 Å². The van der Waals surface area contributed by atoms with Crippen LogP contribution in [0, 0.1) is 0 Å². The molecule has 0 amide bonds. The minimum atomic E-state index is -0.290. The second kappa shape index (κ2) is 3.90. The van der Waals surface area contributed by atoms with Crippen LogP contribution in [0.5, 0.6) is 5.88 Å². The second-order valence-electron chi connectivity index (χ2n) is 4.15. The van der Waals surface area contributed by atoms with E-state index in [2.05, 4.69) is 27.1 Å². The van der Waals surface area contributed by atoms with E-state index in [0.29, 0.717) is 11.5 Å². The van der Waals surface area contributed by atoms with Crippen LogP contribution >= 0.6 is 11.6 Å². The molecule has 0 radical (unpaired) electrons. The number of nitrogens with one attached hydrogen (secondary N) is 1. The SMILES string of the molecule is CCC(C)(C)Oc1nc(Cl)nc2[nH]ncc12. The fourth-order valence-electron chi connectivity index (χ4n) is 1.19. The molecule has 2 heterocycles. The molecule has 0 aromatic carbocycles. The van der Waals surface area contributed by atoms with Crippen LogP contribution in [0.1, 0.15) is 27.2 Å². The van der Waals surface area contributed by atoms with Crippen LogP contribution in [0.4, 0.5) is 0 Å². The van der Waals surface area contributed by atoms with Crippen molar-refractivity contribution in [3.05, 3.63) is 11.5 Å². The third-order valence-corrected chi connectivity index (χ3v) is 2.64. The molecule has 16 heavy (non-hydrogen) atoms. The number of ether oxygens (including phenoxy) is 1. The Kier molecular flexibility index (Phi) is 2.71. The minimum absolute atomic E-state index is 0.152. The maximum absolute atomic E-state index is 5.81. The molecule has 0 saturated heterocycles. The summed E-state index contributed by atoms with van der Waals surface area (Å²) in [7, 11) is 0. The van der Waals surface area contributed by atoms with Gasteiger partial charge in [0, 0.05) is 0 Å². The molecule has 2 aromatic rings. The maximum atomic E-state index is 5.81. The summed E-state index contributed by atoms with van der Waals surface area (Å²) in [4.78, 5) is 8.09. The van der Waals surface area contributed by atoms with Crippen molar-refractivity contribution in [1.29, 1.82) is 0 Å². The average molecular weight is 241 g/mol. The molecular weight excluding hydrogens is 228 g/mol. The zero-order chi connectivity index (χ0) is 11.8. The lowest BCUT2D eigenvalue weighted by Crippen LogP contribution is -2.27. The molecule has 0 aliphatic heterocycles. The van der Waals surface area contributed by atoms with Gasteiger partial charge in [0.25, 0.3) is 0 Å². The van der Waals surface area contributed by atoms with Gasteiger partial charge in [0.2, 0.25) is 11.2 Å². The molecule has 0 spiro atoms. The average Bonchev–Trinajstić information content (AvgIpc) is 2.65. The summed E-state index contributed by atoms with van der Waals surface area (Å²) in [5, 5.41) is 7.52. The van der Waals surface area contributed by atoms with Crippen molar-refractivity contribution in [1.82, 2.24) is 20.2 Å². The standard InChI is InChI=1S/C10H13ClN4O/c1-4-10(2,3)16-8-6-5-12-15-7(6)13-9(11)14-8/h5H,4H2,1-3H3,(H,12,13,14,15). The summed E-state index contributed by atoms with van der Waals surface area (Å²) in [5.41, 5.74) is 0.295. The quantitative estimate of drug-likeness (QED) is 0.838. The molecule has 2 rings (SSSR count). The molecule has 0 atom stereocenters. The summed E-state index contributed by atoms with van der Waals surface area (Å²) < 4.78 is 5.81. The summed E-state index contributed by atoms with van der Waals surface area (Å²) >= 11 is 5.80.